The van der Waals surface area contributed by atoms with Crippen molar-refractivity contribution in [2.45, 2.75) is 19.8 Å². The van der Waals surface area contributed by atoms with Gasteiger partial charge in [-0.05, 0) is 11.6 Å². The van der Waals surface area contributed by atoms with E-state index in [9.17, 15) is 4.79 Å². The predicted molar refractivity (Wildman–Crippen MR) is 82.7 cm³/mol. The maximum Gasteiger partial charge on any atom is 0.413 e. The lowest BCUT2D eigenvalue weighted by atomic mass is 10.1. The van der Waals surface area contributed by atoms with Crippen molar-refractivity contribution >= 4 is 12.2 Å². The lowest BCUT2D eigenvalue weighted by Gasteiger charge is -2.20. The number of methoxy groups -OCH3 is 1. The van der Waals surface area contributed by atoms with Gasteiger partial charge in [0, 0.05) is 29.2 Å². The van der Waals surface area contributed by atoms with Crippen molar-refractivity contribution < 1.29 is 14.3 Å². The average molecular weight is 298 g/mol. The first-order valence-corrected chi connectivity index (χ1v) is 7.11. The number of rotatable bonds is 4. The van der Waals surface area contributed by atoms with E-state index in [1.54, 1.807) is 6.20 Å². The Morgan fingerprint density at radius 3 is 2.86 bits per heavy atom. The first-order valence-electron chi connectivity index (χ1n) is 7.11. The molecule has 22 heavy (non-hydrogen) atoms. The van der Waals surface area contributed by atoms with Crippen LogP contribution in [0.2, 0.25) is 0 Å². The van der Waals surface area contributed by atoms with Crippen LogP contribution in [-0.2, 0) is 29.2 Å². The third-order valence-electron chi connectivity index (χ3n) is 3.62. The molecule has 5 heteroatoms. The molecule has 1 aromatic carbocycles. The van der Waals surface area contributed by atoms with Crippen LogP contribution >= 0.6 is 0 Å². The van der Waals surface area contributed by atoms with Gasteiger partial charge >= 0.3 is 6.09 Å². The van der Waals surface area contributed by atoms with Crippen LogP contribution < -0.4 is 0 Å². The van der Waals surface area contributed by atoms with Crippen LogP contribution in [0.15, 0.2) is 42.7 Å². The quantitative estimate of drug-likeness (QED) is 0.942. The summed E-state index contributed by atoms with van der Waals surface area (Å²) in [5.41, 5.74) is 4.32. The van der Waals surface area contributed by atoms with Gasteiger partial charge in [0.05, 0.1) is 26.9 Å². The Labute approximate surface area is 129 Å². The highest BCUT2D eigenvalue weighted by atomic mass is 16.5. The molecule has 1 N–H and O–H groups in total. The molecule has 0 saturated heterocycles. The first-order chi connectivity index (χ1) is 10.8. The molecule has 0 aliphatic carbocycles. The van der Waals surface area contributed by atoms with Crippen LogP contribution in [0.25, 0.3) is 6.08 Å². The van der Waals surface area contributed by atoms with Crippen molar-refractivity contribution in [2.75, 3.05) is 7.11 Å². The fourth-order valence-corrected chi connectivity index (χ4v) is 2.46. The van der Waals surface area contributed by atoms with E-state index in [1.165, 1.54) is 12.0 Å². The Morgan fingerprint density at radius 2 is 2.09 bits per heavy atom. The molecule has 1 aromatic heterocycles. The molecule has 3 rings (SSSR count). The number of aromatic amines is 1. The van der Waals surface area contributed by atoms with Gasteiger partial charge in [-0.25, -0.2) is 4.79 Å². The molecule has 5 nitrogen and oxygen atoms in total. The molecule has 0 bridgehead atoms. The smallest absolute Gasteiger partial charge is 0.413 e. The summed E-state index contributed by atoms with van der Waals surface area (Å²) in [5.74, 6) is 0. The molecule has 1 amide bonds. The molecule has 0 radical (unpaired) electrons. The number of nitrogens with zero attached hydrogens (tertiary/aromatic N) is 1. The summed E-state index contributed by atoms with van der Waals surface area (Å²) in [6.45, 7) is 1.60. The molecule has 0 fully saturated rings. The Kier molecular flexibility index (Phi) is 4.25. The van der Waals surface area contributed by atoms with Crippen molar-refractivity contribution in [3.8, 4) is 0 Å². The van der Waals surface area contributed by atoms with Crippen LogP contribution in [0.4, 0.5) is 4.79 Å². The third-order valence-corrected chi connectivity index (χ3v) is 3.62. The Hall–Kier alpha value is -2.53. The van der Waals surface area contributed by atoms with E-state index in [-0.39, 0.29) is 6.09 Å². The minimum atomic E-state index is -0.363. The van der Waals surface area contributed by atoms with E-state index in [4.69, 9.17) is 9.47 Å². The lowest BCUT2D eigenvalue weighted by molar-refractivity contribution is 0.107. The summed E-state index contributed by atoms with van der Waals surface area (Å²) in [7, 11) is 1.38. The zero-order valence-electron chi connectivity index (χ0n) is 12.4. The zero-order valence-corrected chi connectivity index (χ0v) is 12.4. The summed E-state index contributed by atoms with van der Waals surface area (Å²) < 4.78 is 10.5. The predicted octanol–water partition coefficient (Wildman–Crippen LogP) is 3.28. The maximum absolute atomic E-state index is 11.5. The number of amides is 1. The number of benzene rings is 1. The first kappa shape index (κ1) is 14.4. The van der Waals surface area contributed by atoms with Gasteiger partial charge in [-0.2, -0.15) is 0 Å². The molecule has 114 valence electrons. The summed E-state index contributed by atoms with van der Waals surface area (Å²) in [6, 6.07) is 10.1. The number of hydrogen-bond acceptors (Lipinski definition) is 3. The molecular formula is C17H18N2O3. The molecule has 0 atom stereocenters. The summed E-state index contributed by atoms with van der Waals surface area (Å²) >= 11 is 0. The van der Waals surface area contributed by atoms with E-state index in [2.05, 4.69) is 4.98 Å². The van der Waals surface area contributed by atoms with Crippen LogP contribution in [0.1, 0.15) is 22.4 Å². The summed E-state index contributed by atoms with van der Waals surface area (Å²) in [5, 5.41) is 0. The second-order valence-electron chi connectivity index (χ2n) is 5.10. The van der Waals surface area contributed by atoms with Crippen LogP contribution in [0, 0.1) is 0 Å². The van der Waals surface area contributed by atoms with Crippen molar-refractivity contribution in [1.82, 2.24) is 9.88 Å². The van der Waals surface area contributed by atoms with E-state index < -0.39 is 0 Å². The number of carbonyl (C=O) groups excluding carboxylic acids is 1. The third kappa shape index (κ3) is 3.04. The monoisotopic (exact) mass is 298 g/mol. The highest BCUT2D eigenvalue weighted by molar-refractivity contribution is 5.72. The van der Waals surface area contributed by atoms with Crippen LogP contribution in [-0.4, -0.2) is 23.1 Å². The van der Waals surface area contributed by atoms with E-state index >= 15 is 0 Å². The molecule has 0 saturated carbocycles. The second-order valence-corrected chi connectivity index (χ2v) is 5.10. The molecule has 2 aromatic rings. The number of nitrogens with one attached hydrogen (secondary N) is 1. The summed E-state index contributed by atoms with van der Waals surface area (Å²) in [4.78, 5) is 16.3. The Bertz CT molecular complexity index is 676. The minimum Gasteiger partial charge on any atom is -0.452 e. The van der Waals surface area contributed by atoms with Gasteiger partial charge < -0.3 is 14.5 Å². The van der Waals surface area contributed by atoms with E-state index in [1.807, 2.05) is 42.6 Å². The van der Waals surface area contributed by atoms with Gasteiger partial charge in [0.25, 0.3) is 0 Å². The molecule has 0 unspecified atom stereocenters. The van der Waals surface area contributed by atoms with Gasteiger partial charge in [0.1, 0.15) is 0 Å². The van der Waals surface area contributed by atoms with Crippen molar-refractivity contribution in [3.05, 3.63) is 65.1 Å². The largest absolute Gasteiger partial charge is 0.452 e. The SMILES string of the molecule is COC(=O)N1C=Cc2c(COCc3ccccc3)c[nH]c2C1. The second kappa shape index (κ2) is 6.49. The standard InChI is InChI=1S/C17H18N2O3/c1-21-17(20)19-8-7-15-14(9-18-16(15)10-19)12-22-11-13-5-3-2-4-6-13/h2-9,18H,10-12H2,1H3. The number of carbonyl (C=O) groups is 1. The highest BCUT2D eigenvalue weighted by Crippen LogP contribution is 2.24. The van der Waals surface area contributed by atoms with Gasteiger partial charge in [-0.1, -0.05) is 30.3 Å². The molecular weight excluding hydrogens is 280 g/mol. The maximum atomic E-state index is 11.5. The van der Waals surface area contributed by atoms with Gasteiger partial charge in [0.15, 0.2) is 0 Å². The number of aromatic nitrogens is 1. The van der Waals surface area contributed by atoms with Crippen molar-refractivity contribution in [1.29, 1.82) is 0 Å². The van der Waals surface area contributed by atoms with Gasteiger partial charge in [-0.15, -0.1) is 0 Å². The Balaban J connectivity index is 1.61. The van der Waals surface area contributed by atoms with Crippen LogP contribution in [0.3, 0.4) is 0 Å². The minimum absolute atomic E-state index is 0.363. The average Bonchev–Trinajstić information content (AvgIpc) is 2.97. The molecule has 0 spiro atoms. The van der Waals surface area contributed by atoms with Crippen molar-refractivity contribution in [2.24, 2.45) is 0 Å². The van der Waals surface area contributed by atoms with E-state index in [0.717, 1.165) is 22.4 Å². The molecule has 1 aliphatic rings. The number of fused-ring (bicyclic) bond motifs is 1. The van der Waals surface area contributed by atoms with Gasteiger partial charge in [0.2, 0.25) is 0 Å². The molecule has 2 heterocycles. The van der Waals surface area contributed by atoms with Crippen LogP contribution in [0.5, 0.6) is 0 Å². The summed E-state index contributed by atoms with van der Waals surface area (Å²) in [6.07, 6.45) is 5.22. The zero-order chi connectivity index (χ0) is 15.4. The normalized spacial score (nSPS) is 13.0. The highest BCUT2D eigenvalue weighted by Gasteiger charge is 2.20. The fraction of sp³-hybridized carbons (Fsp3) is 0.235. The van der Waals surface area contributed by atoms with Gasteiger partial charge in [-0.3, -0.25) is 4.90 Å². The number of ether oxygens (including phenoxy) is 2. The van der Waals surface area contributed by atoms with E-state index in [0.29, 0.717) is 19.8 Å². The topological polar surface area (TPSA) is 54.6 Å². The van der Waals surface area contributed by atoms with Crippen molar-refractivity contribution in [3.63, 3.8) is 0 Å². The molecule has 1 aliphatic heterocycles. The fourth-order valence-electron chi connectivity index (χ4n) is 2.46. The number of H-pyrrole nitrogens is 1. The number of hydrogen-bond donors (Lipinski definition) is 1. The lowest BCUT2D eigenvalue weighted by Crippen LogP contribution is -2.27. The Morgan fingerprint density at radius 1 is 1.27 bits per heavy atom.